The monoisotopic (exact) mass is 434 g/mol. The van der Waals surface area contributed by atoms with Gasteiger partial charge in [-0.2, -0.15) is 0 Å². The Morgan fingerprint density at radius 1 is 1.03 bits per heavy atom. The molecule has 3 N–H and O–H groups in total. The molecule has 174 valence electrons. The SMILES string of the molecule is C[C@]1(CO)CCC[C@]2(C)[C@H]3CC[C@@H]4C(O)O[C@@H](C5=CC(=O)OC5O)C[C@H]4[C@]3(C)CC[C@@H]12. The van der Waals surface area contributed by atoms with Crippen LogP contribution in [0.5, 0.6) is 0 Å². The average molecular weight is 435 g/mol. The minimum Gasteiger partial charge on any atom is -0.429 e. The van der Waals surface area contributed by atoms with Crippen LogP contribution in [0, 0.1) is 39.9 Å². The molecule has 5 aliphatic rings. The minimum absolute atomic E-state index is 0.000622. The molecular weight excluding hydrogens is 396 g/mol. The summed E-state index contributed by atoms with van der Waals surface area (Å²) in [5.74, 6) is 0.871. The molecular formula is C25H38O6. The maximum atomic E-state index is 11.7. The fourth-order valence-electron chi connectivity index (χ4n) is 9.06. The number of cyclic esters (lactones) is 1. The van der Waals surface area contributed by atoms with Crippen LogP contribution in [-0.4, -0.2) is 46.6 Å². The number of rotatable bonds is 2. The van der Waals surface area contributed by atoms with Crippen molar-refractivity contribution in [2.75, 3.05) is 6.61 Å². The van der Waals surface area contributed by atoms with Gasteiger partial charge in [0.1, 0.15) is 0 Å². The van der Waals surface area contributed by atoms with Gasteiger partial charge in [0.2, 0.25) is 6.29 Å². The Bertz CT molecular complexity index is 780. The number of fused-ring (bicyclic) bond motifs is 5. The lowest BCUT2D eigenvalue weighted by Gasteiger charge is -2.68. The molecule has 10 atom stereocenters. The molecule has 31 heavy (non-hydrogen) atoms. The second-order valence-corrected chi connectivity index (χ2v) is 11.9. The van der Waals surface area contributed by atoms with Crippen LogP contribution in [0.1, 0.15) is 72.1 Å². The van der Waals surface area contributed by atoms with Gasteiger partial charge in [0.05, 0.1) is 6.10 Å². The van der Waals surface area contributed by atoms with Crippen LogP contribution in [0.15, 0.2) is 11.6 Å². The van der Waals surface area contributed by atoms with Crippen molar-refractivity contribution in [3.8, 4) is 0 Å². The summed E-state index contributed by atoms with van der Waals surface area (Å²) in [5.41, 5.74) is 0.704. The summed E-state index contributed by atoms with van der Waals surface area (Å²) < 4.78 is 10.8. The Labute approximate surface area is 185 Å². The molecule has 0 aromatic heterocycles. The van der Waals surface area contributed by atoms with Crippen LogP contribution in [0.3, 0.4) is 0 Å². The van der Waals surface area contributed by atoms with Crippen molar-refractivity contribution in [3.05, 3.63) is 11.6 Å². The van der Waals surface area contributed by atoms with E-state index in [4.69, 9.17) is 9.47 Å². The van der Waals surface area contributed by atoms with Crippen molar-refractivity contribution in [3.63, 3.8) is 0 Å². The standard InChI is InChI=1S/C25H38O6/c1-23(13-26)8-4-9-25(3)18(23)7-10-24(2)16-12-17(15-11-20(27)31-22(15)29)30-21(28)14(16)5-6-19(24)25/h11,14,16-19,21-22,26,28-29H,4-10,12-13H2,1-3H3/t14-,16+,17+,18-,19-,21?,22?,23+,24-,25-/m0/s1. The van der Waals surface area contributed by atoms with E-state index < -0.39 is 24.7 Å². The lowest BCUT2D eigenvalue weighted by molar-refractivity contribution is -0.264. The van der Waals surface area contributed by atoms with Crippen LogP contribution >= 0.6 is 0 Å². The number of hydrogen-bond donors (Lipinski definition) is 3. The smallest absolute Gasteiger partial charge is 0.333 e. The molecule has 2 heterocycles. The van der Waals surface area contributed by atoms with Crippen molar-refractivity contribution in [1.29, 1.82) is 0 Å². The quantitative estimate of drug-likeness (QED) is 0.578. The summed E-state index contributed by atoms with van der Waals surface area (Å²) in [6.07, 6.45) is 7.08. The first kappa shape index (κ1) is 21.9. The number of hydrogen-bond acceptors (Lipinski definition) is 6. The van der Waals surface area contributed by atoms with Gasteiger partial charge < -0.3 is 24.8 Å². The molecule has 6 heteroatoms. The van der Waals surface area contributed by atoms with Crippen molar-refractivity contribution in [1.82, 2.24) is 0 Å². The summed E-state index contributed by atoms with van der Waals surface area (Å²) in [5, 5.41) is 31.4. The van der Waals surface area contributed by atoms with E-state index in [-0.39, 0.29) is 34.7 Å². The van der Waals surface area contributed by atoms with Crippen LogP contribution in [0.25, 0.3) is 0 Å². The zero-order chi connectivity index (χ0) is 22.2. The molecule has 5 rings (SSSR count). The third-order valence-corrected chi connectivity index (χ3v) is 10.5. The zero-order valence-electron chi connectivity index (χ0n) is 19.0. The van der Waals surface area contributed by atoms with E-state index >= 15 is 0 Å². The molecule has 1 saturated heterocycles. The first-order chi connectivity index (χ1) is 14.6. The Balaban J connectivity index is 1.47. The van der Waals surface area contributed by atoms with Crippen LogP contribution in [-0.2, 0) is 14.3 Å². The Hall–Kier alpha value is -0.950. The average Bonchev–Trinajstić information content (AvgIpc) is 3.06. The first-order valence-corrected chi connectivity index (χ1v) is 12.2. The normalized spacial score (nSPS) is 54.3. The van der Waals surface area contributed by atoms with Gasteiger partial charge in [-0.15, -0.1) is 0 Å². The first-order valence-electron chi connectivity index (χ1n) is 12.2. The highest BCUT2D eigenvalue weighted by atomic mass is 16.6. The van der Waals surface area contributed by atoms with Crippen LogP contribution < -0.4 is 0 Å². The molecule has 0 amide bonds. The lowest BCUT2D eigenvalue weighted by Crippen LogP contribution is -2.62. The second-order valence-electron chi connectivity index (χ2n) is 11.9. The predicted octanol–water partition coefficient (Wildman–Crippen LogP) is 3.14. The number of aliphatic hydroxyl groups is 3. The van der Waals surface area contributed by atoms with E-state index in [1.165, 1.54) is 12.5 Å². The highest BCUT2D eigenvalue weighted by Crippen LogP contribution is 2.70. The number of aliphatic hydroxyl groups excluding tert-OH is 3. The van der Waals surface area contributed by atoms with Crippen LogP contribution in [0.2, 0.25) is 0 Å². The highest BCUT2D eigenvalue weighted by molar-refractivity contribution is 5.85. The largest absolute Gasteiger partial charge is 0.429 e. The number of esters is 1. The third-order valence-electron chi connectivity index (χ3n) is 10.5. The van der Waals surface area contributed by atoms with Gasteiger partial charge in [0.15, 0.2) is 6.29 Å². The molecule has 4 fully saturated rings. The Morgan fingerprint density at radius 3 is 2.48 bits per heavy atom. The number of carbonyl (C=O) groups excluding carboxylic acids is 1. The summed E-state index contributed by atoms with van der Waals surface area (Å²) in [6.45, 7) is 7.42. The third kappa shape index (κ3) is 3.08. The molecule has 3 aliphatic carbocycles. The summed E-state index contributed by atoms with van der Waals surface area (Å²) in [7, 11) is 0. The summed E-state index contributed by atoms with van der Waals surface area (Å²) in [6, 6.07) is 0. The summed E-state index contributed by atoms with van der Waals surface area (Å²) >= 11 is 0. The van der Waals surface area contributed by atoms with E-state index in [1.807, 2.05) is 0 Å². The topological polar surface area (TPSA) is 96.2 Å². The van der Waals surface area contributed by atoms with Gasteiger partial charge >= 0.3 is 5.97 Å². The van der Waals surface area contributed by atoms with E-state index in [0.717, 1.165) is 38.5 Å². The molecule has 3 saturated carbocycles. The molecule has 0 radical (unpaired) electrons. The maximum Gasteiger partial charge on any atom is 0.333 e. The van der Waals surface area contributed by atoms with Gasteiger partial charge in [0, 0.05) is 24.2 Å². The van der Waals surface area contributed by atoms with E-state index in [1.54, 1.807) is 0 Å². The van der Waals surface area contributed by atoms with Crippen molar-refractivity contribution in [2.24, 2.45) is 39.9 Å². The van der Waals surface area contributed by atoms with Crippen molar-refractivity contribution >= 4 is 5.97 Å². The second kappa shape index (κ2) is 7.28. The summed E-state index contributed by atoms with van der Waals surface area (Å²) in [4.78, 5) is 11.7. The van der Waals surface area contributed by atoms with Crippen molar-refractivity contribution in [2.45, 2.75) is 90.8 Å². The maximum absolute atomic E-state index is 11.7. The molecule has 0 spiro atoms. The van der Waals surface area contributed by atoms with Gasteiger partial charge in [-0.1, -0.05) is 27.2 Å². The van der Waals surface area contributed by atoms with Gasteiger partial charge in [-0.05, 0) is 78.9 Å². The van der Waals surface area contributed by atoms with E-state index in [9.17, 15) is 20.1 Å². The van der Waals surface area contributed by atoms with E-state index in [0.29, 0.717) is 23.8 Å². The fourth-order valence-corrected chi connectivity index (χ4v) is 9.06. The number of carbonyl (C=O) groups is 1. The minimum atomic E-state index is -1.27. The fraction of sp³-hybridized carbons (Fsp3) is 0.880. The van der Waals surface area contributed by atoms with Gasteiger partial charge in [-0.25, -0.2) is 4.79 Å². The zero-order valence-corrected chi connectivity index (χ0v) is 19.0. The molecule has 2 aliphatic heterocycles. The predicted molar refractivity (Wildman–Crippen MR) is 113 cm³/mol. The van der Waals surface area contributed by atoms with Crippen molar-refractivity contribution < 1.29 is 29.6 Å². The van der Waals surface area contributed by atoms with Crippen LogP contribution in [0.4, 0.5) is 0 Å². The van der Waals surface area contributed by atoms with Gasteiger partial charge in [-0.3, -0.25) is 0 Å². The molecule has 2 unspecified atom stereocenters. The lowest BCUT2D eigenvalue weighted by atomic mass is 9.38. The van der Waals surface area contributed by atoms with Gasteiger partial charge in [0.25, 0.3) is 0 Å². The molecule has 0 aromatic rings. The Kier molecular flexibility index (Phi) is 5.13. The molecule has 0 bridgehead atoms. The van der Waals surface area contributed by atoms with E-state index in [2.05, 4.69) is 20.8 Å². The Morgan fingerprint density at radius 2 is 1.81 bits per heavy atom. The highest BCUT2D eigenvalue weighted by Gasteiger charge is 2.64. The number of ether oxygens (including phenoxy) is 2. The molecule has 6 nitrogen and oxygen atoms in total. The molecule has 0 aromatic carbocycles.